The Morgan fingerprint density at radius 2 is 0.699 bits per heavy atom. The molecule has 8 rings (SSSR count). The van der Waals surface area contributed by atoms with Crippen molar-refractivity contribution in [1.29, 1.82) is 10.5 Å². The summed E-state index contributed by atoms with van der Waals surface area (Å²) in [6, 6.07) is 9.17. The zero-order chi connectivity index (χ0) is 74.5. The van der Waals surface area contributed by atoms with E-state index in [1.807, 2.05) is 71.2 Å². The van der Waals surface area contributed by atoms with E-state index < -0.39 is 0 Å². The molecule has 103 heavy (non-hydrogen) atoms. The molecule has 0 spiro atoms. The van der Waals surface area contributed by atoms with E-state index in [9.17, 15) is 0 Å². The fourth-order valence-electron chi connectivity index (χ4n) is 9.02. The fourth-order valence-corrected chi connectivity index (χ4v) is 9.02. The summed E-state index contributed by atoms with van der Waals surface area (Å²) in [5.74, 6) is 19.9. The van der Waals surface area contributed by atoms with Crippen LogP contribution in [0.15, 0.2) is 37.2 Å². The van der Waals surface area contributed by atoms with Gasteiger partial charge in [0.05, 0.1) is 18.6 Å². The van der Waals surface area contributed by atoms with E-state index in [4.69, 9.17) is 23.4 Å². The lowest BCUT2D eigenvalue weighted by molar-refractivity contribution is 0.265. The number of nitrogens with one attached hydrogen (secondary N) is 3. The molecule has 0 bridgehead atoms. The lowest BCUT2D eigenvalue weighted by Gasteiger charge is -2.20. The number of terminal acetylenes is 2. The molecule has 0 saturated heterocycles. The third-order valence-electron chi connectivity index (χ3n) is 16.5. The summed E-state index contributed by atoms with van der Waals surface area (Å²) in [6.45, 7) is 55.7. The maximum absolute atomic E-state index is 9.16. The van der Waals surface area contributed by atoms with Gasteiger partial charge in [0.1, 0.15) is 40.6 Å². The van der Waals surface area contributed by atoms with Crippen LogP contribution in [0.2, 0.25) is 0 Å². The van der Waals surface area contributed by atoms with Crippen LogP contribution in [0.4, 0.5) is 0 Å². The second-order valence-corrected chi connectivity index (χ2v) is 29.6. The fraction of sp³-hybridized carbons (Fsp3) is 0.663. The second-order valence-electron chi connectivity index (χ2n) is 29.6. The van der Waals surface area contributed by atoms with Gasteiger partial charge in [-0.15, -0.1) is 12.8 Å². The van der Waals surface area contributed by atoms with Crippen molar-refractivity contribution in [1.82, 2.24) is 89.3 Å². The van der Waals surface area contributed by atoms with Crippen molar-refractivity contribution in [2.45, 2.75) is 333 Å². The van der Waals surface area contributed by atoms with Crippen LogP contribution in [-0.4, -0.2) is 131 Å². The zero-order valence-electron chi connectivity index (χ0n) is 65.9. The van der Waals surface area contributed by atoms with Crippen LogP contribution in [0.25, 0.3) is 0 Å². The summed E-state index contributed by atoms with van der Waals surface area (Å²) in [4.78, 5) is 6.77. The molecule has 0 aliphatic heterocycles. The SMILES string of the molecule is C.C.C.C.C#Cc1c(CN(C)C(C)C)cnn1C(C)C.C#Cc1nn(C(C)C)cc1CNC(C)C.CC(C)N(C)Cc1cnn(C(C)C)c1C#CC1CC1.CC(C)N(C)Cc1cnn(C(C)C)c1C#N.CC(C)NCc1cn(C(C)C)nc1C#CC1CC1.CC(C)NCc1cn(C(C)C)nc1C#N. The summed E-state index contributed by atoms with van der Waals surface area (Å²) in [7, 11) is 6.30. The molecule has 2 aliphatic carbocycles. The largest absolute Gasteiger partial charge is 0.310 e. The number of hydrogen-bond donors (Lipinski definition) is 3. The summed E-state index contributed by atoms with van der Waals surface area (Å²) in [5.41, 5.74) is 11.6. The molecule has 2 aliphatic rings. The third kappa shape index (κ3) is 33.7. The highest BCUT2D eigenvalue weighted by atomic mass is 15.3. The van der Waals surface area contributed by atoms with E-state index in [1.165, 1.54) is 36.8 Å². The van der Waals surface area contributed by atoms with Gasteiger partial charge in [-0.05, 0) is 189 Å². The van der Waals surface area contributed by atoms with Crippen LogP contribution >= 0.6 is 0 Å². The summed E-state index contributed by atoms with van der Waals surface area (Å²) < 4.78 is 11.5. The monoisotopic (exact) mass is 1420 g/mol. The topological polar surface area (TPSA) is 200 Å². The van der Waals surface area contributed by atoms with Crippen LogP contribution in [0.5, 0.6) is 0 Å². The van der Waals surface area contributed by atoms with Crippen molar-refractivity contribution < 1.29 is 0 Å². The quantitative estimate of drug-likeness (QED) is 0.0483. The van der Waals surface area contributed by atoms with E-state index >= 15 is 0 Å². The molecule has 0 atom stereocenters. The number of hydrogen-bond acceptors (Lipinski definition) is 14. The van der Waals surface area contributed by atoms with Gasteiger partial charge >= 0.3 is 0 Å². The smallest absolute Gasteiger partial charge is 0.166 e. The minimum Gasteiger partial charge on any atom is -0.310 e. The molecule has 20 heteroatoms. The van der Waals surface area contributed by atoms with Gasteiger partial charge in [0, 0.05) is 176 Å². The Kier molecular flexibility index (Phi) is 45.6. The van der Waals surface area contributed by atoms with Crippen LogP contribution in [0, 0.1) is 82.9 Å². The highest BCUT2D eigenvalue weighted by molar-refractivity contribution is 5.38. The molecule has 0 amide bonds. The lowest BCUT2D eigenvalue weighted by Crippen LogP contribution is -2.25. The van der Waals surface area contributed by atoms with E-state index in [2.05, 4.69) is 279 Å². The predicted octanol–water partition coefficient (Wildman–Crippen LogP) is 16.6. The first-order chi connectivity index (χ1) is 46.6. The van der Waals surface area contributed by atoms with Gasteiger partial charge in [0.2, 0.25) is 0 Å². The highest BCUT2D eigenvalue weighted by Gasteiger charge is 2.22. The molecule has 6 heterocycles. The summed E-state index contributed by atoms with van der Waals surface area (Å²) in [6.07, 6.45) is 27.8. The first-order valence-corrected chi connectivity index (χ1v) is 36.1. The van der Waals surface area contributed by atoms with E-state index in [0.717, 1.165) is 77.8 Å². The standard InChI is InChI=1S/C16H25N3.C15H23N3.C13H21N3.C12H20N4.C12H19N3.C11H18N4.4CH4/c1-12(2)18(5)11-15-10-17-19(13(3)4)16(15)9-8-14-6-7-14;1-11(2)16-9-14-10-18(12(3)4)17-15(14)8-7-13-5-6-13;1-7-13-12(9-15(6)10(2)3)8-14-16(13)11(4)5;1-9(2)15(5)8-11-7-14-16(10(3)4)12(11)6-13;1-6-12-11(7-13-9(2)3)8-15(14-12)10(4)5;1-8(2)13-6-10-7-15(9(3)4)14-11(10)5-12;;;;/h10,12-14H,6-7,11H2,1-5H3;10-13,16H,5-6,9H2,1-4H3;1,8,10-11H,9H2,2-6H3;7,9-10H,8H2,1-5H3;1,8-10,13H,7H2,2-5H3;7-9,13H,6H2,1-4H3;4*1H4. The normalized spacial score (nSPS) is 12.2. The molecule has 0 aromatic carbocycles. The second kappa shape index (κ2) is 48.3. The van der Waals surface area contributed by atoms with Gasteiger partial charge in [0.15, 0.2) is 5.69 Å². The van der Waals surface area contributed by atoms with Crippen molar-refractivity contribution in [3.63, 3.8) is 0 Å². The summed E-state index contributed by atoms with van der Waals surface area (Å²) >= 11 is 0. The average Bonchev–Trinajstić information content (AvgIpc) is 1.72. The first kappa shape index (κ1) is 97.3. The number of rotatable bonds is 24. The van der Waals surface area contributed by atoms with Crippen molar-refractivity contribution in [2.24, 2.45) is 11.8 Å². The molecular formula is C83H142N20. The Morgan fingerprint density at radius 3 is 1.00 bits per heavy atom. The predicted molar refractivity (Wildman–Crippen MR) is 433 cm³/mol. The van der Waals surface area contributed by atoms with Gasteiger partial charge < -0.3 is 16.0 Å². The molecule has 574 valence electrons. The molecule has 2 fully saturated rings. The number of nitriles is 2. The Bertz CT molecular complexity index is 3500. The van der Waals surface area contributed by atoms with Crippen molar-refractivity contribution in [3.8, 4) is 60.5 Å². The Morgan fingerprint density at radius 1 is 0.398 bits per heavy atom. The van der Waals surface area contributed by atoms with Gasteiger partial charge in [-0.1, -0.05) is 89.0 Å². The lowest BCUT2D eigenvalue weighted by atomic mass is 10.2. The minimum atomic E-state index is 0. The van der Waals surface area contributed by atoms with Crippen molar-refractivity contribution in [2.75, 3.05) is 21.1 Å². The maximum atomic E-state index is 9.16. The molecule has 20 nitrogen and oxygen atoms in total. The first-order valence-electron chi connectivity index (χ1n) is 36.1. The molecule has 0 radical (unpaired) electrons. The molecule has 0 unspecified atom stereocenters. The van der Waals surface area contributed by atoms with Gasteiger partial charge in [0.25, 0.3) is 0 Å². The van der Waals surface area contributed by atoms with Crippen molar-refractivity contribution >= 4 is 0 Å². The zero-order valence-corrected chi connectivity index (χ0v) is 65.9. The van der Waals surface area contributed by atoms with Crippen LogP contribution in [0.1, 0.15) is 325 Å². The molecule has 6 aromatic heterocycles. The minimum absolute atomic E-state index is 0. The average molecular weight is 1420 g/mol. The van der Waals surface area contributed by atoms with E-state index in [0.29, 0.717) is 96.2 Å². The number of nitrogens with zero attached hydrogens (tertiary/aromatic N) is 17. The summed E-state index contributed by atoms with van der Waals surface area (Å²) in [5, 5.41) is 54.4. The number of aromatic nitrogens is 12. The van der Waals surface area contributed by atoms with E-state index in [-0.39, 0.29) is 35.7 Å². The Labute approximate surface area is 628 Å². The molecule has 6 aromatic rings. The third-order valence-corrected chi connectivity index (χ3v) is 16.5. The van der Waals surface area contributed by atoms with E-state index in [1.54, 1.807) is 10.9 Å². The molecular weight excluding hydrogens is 1280 g/mol. The Hall–Kier alpha value is -7.76. The Balaban J connectivity index is 0. The van der Waals surface area contributed by atoms with Crippen molar-refractivity contribution in [3.05, 3.63) is 105 Å². The molecule has 2 saturated carbocycles. The maximum Gasteiger partial charge on any atom is 0.166 e. The van der Waals surface area contributed by atoms with Crippen LogP contribution in [-0.2, 0) is 39.3 Å². The molecule has 3 N–H and O–H groups in total. The van der Waals surface area contributed by atoms with Crippen LogP contribution < -0.4 is 16.0 Å². The van der Waals surface area contributed by atoms with Crippen LogP contribution in [0.3, 0.4) is 0 Å². The van der Waals surface area contributed by atoms with Gasteiger partial charge in [-0.3, -0.25) is 42.8 Å². The highest BCUT2D eigenvalue weighted by Crippen LogP contribution is 2.29. The van der Waals surface area contributed by atoms with Gasteiger partial charge in [-0.2, -0.15) is 41.1 Å². The van der Waals surface area contributed by atoms with Gasteiger partial charge in [-0.25, -0.2) is 0 Å².